The molecule has 1 amide bonds. The molecule has 0 radical (unpaired) electrons. The predicted octanol–water partition coefficient (Wildman–Crippen LogP) is 3.06. The van der Waals surface area contributed by atoms with Gasteiger partial charge < -0.3 is 10.1 Å². The van der Waals surface area contributed by atoms with E-state index < -0.39 is 34.5 Å². The van der Waals surface area contributed by atoms with Crippen LogP contribution in [0.2, 0.25) is 0 Å². The maximum Gasteiger partial charge on any atom is 0.408 e. The number of nitrogens with one attached hydrogen (secondary N) is 1. The SMILES string of the molecule is C[C@@H]([C@H](NC(=O)OC(C)(C)C)c1ccc(F)cc1)[N+](=O)[O-]. The number of nitrogens with zero attached hydrogens (tertiary/aromatic N) is 1. The molecule has 1 N–H and O–H groups in total. The maximum atomic E-state index is 12.9. The number of alkyl carbamates (subject to hydrolysis) is 1. The van der Waals surface area contributed by atoms with Gasteiger partial charge in [0.15, 0.2) is 0 Å². The Morgan fingerprint density at radius 2 is 1.86 bits per heavy atom. The molecule has 0 aliphatic carbocycles. The number of benzene rings is 1. The van der Waals surface area contributed by atoms with Crippen molar-refractivity contribution in [3.8, 4) is 0 Å². The Morgan fingerprint density at radius 3 is 2.29 bits per heavy atom. The van der Waals surface area contributed by atoms with Gasteiger partial charge in [-0.3, -0.25) is 10.1 Å². The Bertz CT molecular complexity index is 511. The van der Waals surface area contributed by atoms with E-state index in [0.29, 0.717) is 5.56 Å². The fraction of sp³-hybridized carbons (Fsp3) is 0.500. The lowest BCUT2D eigenvalue weighted by Gasteiger charge is -2.24. The minimum Gasteiger partial charge on any atom is -0.444 e. The molecule has 0 heterocycles. The van der Waals surface area contributed by atoms with Crippen LogP contribution in [0.25, 0.3) is 0 Å². The summed E-state index contributed by atoms with van der Waals surface area (Å²) in [6, 6.07) is 3.19. The molecule has 0 saturated carbocycles. The molecule has 116 valence electrons. The van der Waals surface area contributed by atoms with E-state index in [9.17, 15) is 19.3 Å². The van der Waals surface area contributed by atoms with Gasteiger partial charge in [0, 0.05) is 11.8 Å². The van der Waals surface area contributed by atoms with Crippen LogP contribution >= 0.6 is 0 Å². The van der Waals surface area contributed by atoms with Gasteiger partial charge in [0.05, 0.1) is 0 Å². The average Bonchev–Trinajstić information content (AvgIpc) is 2.34. The number of hydrogen-bond donors (Lipinski definition) is 1. The molecule has 0 fully saturated rings. The van der Waals surface area contributed by atoms with Crippen molar-refractivity contribution in [3.05, 3.63) is 45.8 Å². The zero-order valence-electron chi connectivity index (χ0n) is 12.4. The number of amides is 1. The first-order valence-corrected chi connectivity index (χ1v) is 6.48. The van der Waals surface area contributed by atoms with Crippen LogP contribution in [0.15, 0.2) is 24.3 Å². The van der Waals surface area contributed by atoms with Crippen molar-refractivity contribution in [1.82, 2.24) is 5.32 Å². The molecular formula is C14H19FN2O4. The molecule has 0 saturated heterocycles. The lowest BCUT2D eigenvalue weighted by Crippen LogP contribution is -2.41. The highest BCUT2D eigenvalue weighted by Crippen LogP contribution is 2.20. The van der Waals surface area contributed by atoms with Crippen molar-refractivity contribution in [2.24, 2.45) is 0 Å². The molecule has 0 spiro atoms. The Labute approximate surface area is 122 Å². The summed E-state index contributed by atoms with van der Waals surface area (Å²) in [5.41, 5.74) is -0.276. The maximum absolute atomic E-state index is 12.9. The Kier molecular flexibility index (Phi) is 5.23. The summed E-state index contributed by atoms with van der Waals surface area (Å²) in [5.74, 6) is -0.455. The summed E-state index contributed by atoms with van der Waals surface area (Å²) in [7, 11) is 0. The molecule has 1 aromatic rings. The van der Waals surface area contributed by atoms with Crippen LogP contribution < -0.4 is 5.32 Å². The van der Waals surface area contributed by atoms with Crippen LogP contribution in [-0.4, -0.2) is 22.7 Å². The standard InChI is InChI=1S/C14H19FN2O4/c1-9(17(19)20)12(10-5-7-11(15)8-6-10)16-13(18)21-14(2,3)4/h5-9,12H,1-4H3,(H,16,18)/t9-,12-/m0/s1. The molecule has 0 aliphatic rings. The smallest absolute Gasteiger partial charge is 0.408 e. The highest BCUT2D eigenvalue weighted by molar-refractivity contribution is 5.68. The largest absolute Gasteiger partial charge is 0.444 e. The van der Waals surface area contributed by atoms with Crippen molar-refractivity contribution in [2.45, 2.75) is 45.4 Å². The lowest BCUT2D eigenvalue weighted by molar-refractivity contribution is -0.523. The quantitative estimate of drug-likeness (QED) is 0.684. The van der Waals surface area contributed by atoms with Crippen LogP contribution in [0.4, 0.5) is 9.18 Å². The van der Waals surface area contributed by atoms with Crippen molar-refractivity contribution in [1.29, 1.82) is 0 Å². The predicted molar refractivity (Wildman–Crippen MR) is 75.0 cm³/mol. The first-order chi connectivity index (χ1) is 9.60. The van der Waals surface area contributed by atoms with Gasteiger partial charge in [0.25, 0.3) is 0 Å². The third kappa shape index (κ3) is 5.37. The Morgan fingerprint density at radius 1 is 1.33 bits per heavy atom. The van der Waals surface area contributed by atoms with Crippen LogP contribution in [0.1, 0.15) is 39.3 Å². The third-order valence-corrected chi connectivity index (χ3v) is 2.72. The van der Waals surface area contributed by atoms with Crippen molar-refractivity contribution < 1.29 is 18.8 Å². The van der Waals surface area contributed by atoms with Gasteiger partial charge in [-0.1, -0.05) is 12.1 Å². The van der Waals surface area contributed by atoms with E-state index in [4.69, 9.17) is 4.74 Å². The first-order valence-electron chi connectivity index (χ1n) is 6.48. The molecule has 21 heavy (non-hydrogen) atoms. The molecule has 0 aliphatic heterocycles. The molecular weight excluding hydrogens is 279 g/mol. The van der Waals surface area contributed by atoms with E-state index in [1.165, 1.54) is 31.2 Å². The molecule has 0 unspecified atom stereocenters. The van der Waals surface area contributed by atoms with Gasteiger partial charge >= 0.3 is 6.09 Å². The highest BCUT2D eigenvalue weighted by Gasteiger charge is 2.31. The summed E-state index contributed by atoms with van der Waals surface area (Å²) in [5, 5.41) is 13.5. The Hall–Kier alpha value is -2.18. The fourth-order valence-electron chi connectivity index (χ4n) is 1.71. The molecule has 1 aromatic carbocycles. The van der Waals surface area contributed by atoms with Crippen LogP contribution in [0.3, 0.4) is 0 Å². The van der Waals surface area contributed by atoms with E-state index in [-0.39, 0.29) is 0 Å². The van der Waals surface area contributed by atoms with Crippen molar-refractivity contribution >= 4 is 6.09 Å². The zero-order chi connectivity index (χ0) is 16.2. The van der Waals surface area contributed by atoms with Crippen molar-refractivity contribution in [2.75, 3.05) is 0 Å². The van der Waals surface area contributed by atoms with Gasteiger partial charge in [-0.05, 0) is 38.5 Å². The zero-order valence-corrected chi connectivity index (χ0v) is 12.4. The van der Waals surface area contributed by atoms with E-state index >= 15 is 0 Å². The monoisotopic (exact) mass is 298 g/mol. The van der Waals surface area contributed by atoms with Gasteiger partial charge in [-0.2, -0.15) is 0 Å². The lowest BCUT2D eigenvalue weighted by atomic mass is 10.0. The van der Waals surface area contributed by atoms with Crippen LogP contribution in [0.5, 0.6) is 0 Å². The fourth-order valence-corrected chi connectivity index (χ4v) is 1.71. The molecule has 6 nitrogen and oxygen atoms in total. The average molecular weight is 298 g/mol. The first kappa shape index (κ1) is 16.9. The number of halogens is 1. The summed E-state index contributed by atoms with van der Waals surface area (Å²) in [4.78, 5) is 22.3. The summed E-state index contributed by atoms with van der Waals surface area (Å²) in [6.45, 7) is 6.44. The second-order valence-corrected chi connectivity index (χ2v) is 5.70. The van der Waals surface area contributed by atoms with Crippen LogP contribution in [0, 0.1) is 15.9 Å². The number of nitro groups is 1. The minimum atomic E-state index is -1.08. The van der Waals surface area contributed by atoms with E-state index in [0.717, 1.165) is 0 Å². The van der Waals surface area contributed by atoms with Crippen molar-refractivity contribution in [3.63, 3.8) is 0 Å². The van der Waals surface area contributed by atoms with Gasteiger partial charge in [0.1, 0.15) is 17.5 Å². The minimum absolute atomic E-state index is 0.437. The van der Waals surface area contributed by atoms with Gasteiger partial charge in [-0.25, -0.2) is 9.18 Å². The van der Waals surface area contributed by atoms with E-state index in [2.05, 4.69) is 5.32 Å². The number of rotatable bonds is 4. The number of carbonyl (C=O) groups is 1. The van der Waals surface area contributed by atoms with E-state index in [1.807, 2.05) is 0 Å². The van der Waals surface area contributed by atoms with Gasteiger partial charge in [0.2, 0.25) is 6.04 Å². The molecule has 0 aromatic heterocycles. The van der Waals surface area contributed by atoms with Crippen LogP contribution in [-0.2, 0) is 4.74 Å². The molecule has 7 heteroatoms. The Balaban J connectivity index is 2.95. The summed E-state index contributed by atoms with van der Waals surface area (Å²) in [6.07, 6.45) is -0.759. The summed E-state index contributed by atoms with van der Waals surface area (Å²) < 4.78 is 18.0. The number of ether oxygens (including phenoxy) is 1. The van der Waals surface area contributed by atoms with E-state index in [1.54, 1.807) is 20.8 Å². The topological polar surface area (TPSA) is 81.5 Å². The van der Waals surface area contributed by atoms with Gasteiger partial charge in [-0.15, -0.1) is 0 Å². The highest BCUT2D eigenvalue weighted by atomic mass is 19.1. The summed E-state index contributed by atoms with van der Waals surface area (Å²) >= 11 is 0. The third-order valence-electron chi connectivity index (χ3n) is 2.72. The molecule has 2 atom stereocenters. The normalized spacial score (nSPS) is 14.1. The second kappa shape index (κ2) is 6.51. The molecule has 0 bridgehead atoms. The molecule has 1 rings (SSSR count). The second-order valence-electron chi connectivity index (χ2n) is 5.70. The number of carbonyl (C=O) groups excluding carboxylic acids is 1. The number of hydrogen-bond acceptors (Lipinski definition) is 4.